The maximum absolute atomic E-state index is 13.2. The van der Waals surface area contributed by atoms with Crippen LogP contribution in [0, 0.1) is 5.92 Å². The van der Waals surface area contributed by atoms with E-state index in [1.807, 2.05) is 0 Å². The Morgan fingerprint density at radius 1 is 1.13 bits per heavy atom. The molecule has 0 bridgehead atoms. The summed E-state index contributed by atoms with van der Waals surface area (Å²) in [6.45, 7) is 1.84. The molecule has 2 aliphatic heterocycles. The van der Waals surface area contributed by atoms with Crippen molar-refractivity contribution in [2.45, 2.75) is 6.92 Å². The molecule has 1 atom stereocenters. The third-order valence-corrected chi connectivity index (χ3v) is 4.78. The van der Waals surface area contributed by atoms with Crippen LogP contribution in [0.4, 0.5) is 16.2 Å². The van der Waals surface area contributed by atoms with Crippen LogP contribution in [0.5, 0.6) is 17.2 Å². The molecule has 30 heavy (non-hydrogen) atoms. The van der Waals surface area contributed by atoms with Crippen molar-refractivity contribution in [3.8, 4) is 17.2 Å². The van der Waals surface area contributed by atoms with Gasteiger partial charge in [-0.15, -0.1) is 0 Å². The third kappa shape index (κ3) is 3.41. The lowest BCUT2D eigenvalue weighted by Gasteiger charge is -2.31. The van der Waals surface area contributed by atoms with Crippen LogP contribution >= 0.6 is 0 Å². The van der Waals surface area contributed by atoms with Crippen molar-refractivity contribution in [1.82, 2.24) is 5.32 Å². The Bertz CT molecular complexity index is 1050. The number of amides is 4. The Hall–Kier alpha value is -4.01. The number of imide groups is 2. The molecule has 9 nitrogen and oxygen atoms in total. The second kappa shape index (κ2) is 7.78. The van der Waals surface area contributed by atoms with Gasteiger partial charge in [0.1, 0.15) is 5.75 Å². The second-order valence-electron chi connectivity index (χ2n) is 6.54. The quantitative estimate of drug-likeness (QED) is 0.731. The number of carbonyl (C=O) groups excluding carboxylic acids is 3. The van der Waals surface area contributed by atoms with E-state index in [2.05, 4.69) is 10.6 Å². The Labute approximate surface area is 172 Å². The second-order valence-corrected chi connectivity index (χ2v) is 6.54. The molecule has 4 amide bonds. The van der Waals surface area contributed by atoms with Crippen LogP contribution in [0.1, 0.15) is 6.92 Å². The number of hydrogen-bond donors (Lipinski definition) is 2. The van der Waals surface area contributed by atoms with E-state index in [1.54, 1.807) is 55.5 Å². The van der Waals surface area contributed by atoms with Crippen molar-refractivity contribution in [3.05, 3.63) is 54.2 Å². The maximum atomic E-state index is 13.2. The van der Waals surface area contributed by atoms with Gasteiger partial charge in [0, 0.05) is 17.5 Å². The lowest BCUT2D eigenvalue weighted by molar-refractivity contribution is -0.132. The molecule has 4 rings (SSSR count). The fourth-order valence-electron chi connectivity index (χ4n) is 3.28. The van der Waals surface area contributed by atoms with Crippen LogP contribution in [0.2, 0.25) is 0 Å². The fraction of sp³-hybridized carbons (Fsp3) is 0.190. The number of anilines is 2. The fourth-order valence-corrected chi connectivity index (χ4v) is 3.28. The zero-order valence-corrected chi connectivity index (χ0v) is 16.3. The molecular weight excluding hydrogens is 390 g/mol. The molecule has 0 aromatic heterocycles. The first kappa shape index (κ1) is 19.3. The maximum Gasteiger partial charge on any atom is 0.335 e. The number of ether oxygens (including phenoxy) is 3. The minimum atomic E-state index is -1.22. The number of urea groups is 1. The predicted molar refractivity (Wildman–Crippen MR) is 107 cm³/mol. The number of barbiturate groups is 1. The molecule has 2 heterocycles. The van der Waals surface area contributed by atoms with E-state index in [9.17, 15) is 14.4 Å². The molecule has 154 valence electrons. The number of rotatable bonds is 5. The summed E-state index contributed by atoms with van der Waals surface area (Å²) in [7, 11) is 1.52. The molecule has 0 spiro atoms. The number of carbonyl (C=O) groups is 3. The Balaban J connectivity index is 1.61. The summed E-state index contributed by atoms with van der Waals surface area (Å²) in [5.74, 6) is -0.822. The molecule has 0 saturated carbocycles. The first-order valence-corrected chi connectivity index (χ1v) is 9.17. The van der Waals surface area contributed by atoms with Gasteiger partial charge in [-0.25, -0.2) is 9.69 Å². The van der Waals surface area contributed by atoms with Crippen molar-refractivity contribution in [2.75, 3.05) is 24.1 Å². The lowest BCUT2D eigenvalue weighted by atomic mass is 9.99. The van der Waals surface area contributed by atoms with Gasteiger partial charge >= 0.3 is 6.03 Å². The number of nitrogens with one attached hydrogen (secondary N) is 2. The van der Waals surface area contributed by atoms with Crippen LogP contribution in [-0.4, -0.2) is 31.7 Å². The van der Waals surface area contributed by atoms with Gasteiger partial charge in [0.15, 0.2) is 17.4 Å². The topological polar surface area (TPSA) is 106 Å². The summed E-state index contributed by atoms with van der Waals surface area (Å²) in [4.78, 5) is 39.0. The van der Waals surface area contributed by atoms with Crippen LogP contribution in [0.25, 0.3) is 0 Å². The van der Waals surface area contributed by atoms with Crippen molar-refractivity contribution >= 4 is 29.2 Å². The van der Waals surface area contributed by atoms with E-state index >= 15 is 0 Å². The van der Waals surface area contributed by atoms with E-state index in [0.717, 1.165) is 4.90 Å². The first-order chi connectivity index (χ1) is 14.5. The number of nitrogens with zero attached hydrogens (tertiary/aromatic N) is 1. The van der Waals surface area contributed by atoms with Gasteiger partial charge in [-0.05, 0) is 43.3 Å². The third-order valence-electron chi connectivity index (χ3n) is 4.78. The average Bonchev–Trinajstić information content (AvgIpc) is 3.21. The van der Waals surface area contributed by atoms with Gasteiger partial charge in [-0.3, -0.25) is 14.9 Å². The van der Waals surface area contributed by atoms with Crippen LogP contribution in [0.3, 0.4) is 0 Å². The van der Waals surface area contributed by atoms with Gasteiger partial charge in [-0.2, -0.15) is 0 Å². The van der Waals surface area contributed by atoms with E-state index in [4.69, 9.17) is 14.2 Å². The molecule has 1 saturated heterocycles. The number of benzene rings is 2. The largest absolute Gasteiger partial charge is 0.497 e. The summed E-state index contributed by atoms with van der Waals surface area (Å²) < 4.78 is 15.8. The highest BCUT2D eigenvalue weighted by atomic mass is 16.7. The zero-order valence-electron chi connectivity index (χ0n) is 16.3. The normalized spacial score (nSPS) is 18.3. The van der Waals surface area contributed by atoms with E-state index < -0.39 is 23.8 Å². The SMILES string of the molecule is C/C=C(/Nc1ccc2c(c1)OCO2)[C@H]1C(=O)NC(=O)N(c2ccc(OC)cc2)C1=O. The number of hydrogen-bond acceptors (Lipinski definition) is 7. The number of allylic oxidation sites excluding steroid dienone is 1. The summed E-state index contributed by atoms with van der Waals surface area (Å²) in [6.07, 6.45) is 1.62. The Kier molecular flexibility index (Phi) is 5.01. The van der Waals surface area contributed by atoms with E-state index in [1.165, 1.54) is 7.11 Å². The number of methoxy groups -OCH3 is 1. The van der Waals surface area contributed by atoms with E-state index in [0.29, 0.717) is 34.3 Å². The minimum Gasteiger partial charge on any atom is -0.497 e. The van der Waals surface area contributed by atoms with E-state index in [-0.39, 0.29) is 6.79 Å². The molecule has 0 aliphatic carbocycles. The monoisotopic (exact) mass is 409 g/mol. The molecule has 0 unspecified atom stereocenters. The highest BCUT2D eigenvalue weighted by molar-refractivity contribution is 6.29. The molecule has 2 aromatic carbocycles. The van der Waals surface area contributed by atoms with Crippen molar-refractivity contribution in [1.29, 1.82) is 0 Å². The van der Waals surface area contributed by atoms with Gasteiger partial charge in [0.25, 0.3) is 5.91 Å². The molecule has 2 aromatic rings. The molecule has 9 heteroatoms. The summed E-state index contributed by atoms with van der Waals surface area (Å²) in [6, 6.07) is 10.8. The summed E-state index contributed by atoms with van der Waals surface area (Å²) in [5, 5.41) is 5.33. The Morgan fingerprint density at radius 2 is 1.87 bits per heavy atom. The smallest absolute Gasteiger partial charge is 0.335 e. The van der Waals surface area contributed by atoms with Gasteiger partial charge in [0.05, 0.1) is 12.8 Å². The number of fused-ring (bicyclic) bond motifs is 1. The van der Waals surface area contributed by atoms with Gasteiger partial charge < -0.3 is 19.5 Å². The lowest BCUT2D eigenvalue weighted by Crippen LogP contribution is -2.59. The summed E-state index contributed by atoms with van der Waals surface area (Å²) in [5.41, 5.74) is 1.28. The highest BCUT2D eigenvalue weighted by Gasteiger charge is 2.43. The van der Waals surface area contributed by atoms with Gasteiger partial charge in [0.2, 0.25) is 12.7 Å². The standard InChI is InChI=1S/C21H19N3O6/c1-3-15(22-12-4-9-16-17(10-12)30-11-29-16)18-19(25)23-21(27)24(20(18)26)13-5-7-14(28-2)8-6-13/h3-10,18,22H,11H2,1-2H3,(H,23,25,27)/b15-3+/t18-/m0/s1. The van der Waals surface area contributed by atoms with Crippen molar-refractivity contribution < 1.29 is 28.6 Å². The van der Waals surface area contributed by atoms with Crippen LogP contribution in [-0.2, 0) is 9.59 Å². The first-order valence-electron chi connectivity index (χ1n) is 9.17. The molecule has 1 fully saturated rings. The molecule has 2 N–H and O–H groups in total. The predicted octanol–water partition coefficient (Wildman–Crippen LogP) is 2.64. The zero-order chi connectivity index (χ0) is 21.3. The summed E-state index contributed by atoms with van der Waals surface area (Å²) >= 11 is 0. The Morgan fingerprint density at radius 3 is 2.57 bits per heavy atom. The average molecular weight is 409 g/mol. The van der Waals surface area contributed by atoms with Crippen LogP contribution < -0.4 is 29.7 Å². The van der Waals surface area contributed by atoms with Crippen LogP contribution in [0.15, 0.2) is 54.2 Å². The minimum absolute atomic E-state index is 0.137. The molecule has 0 radical (unpaired) electrons. The van der Waals surface area contributed by atoms with Crippen molar-refractivity contribution in [3.63, 3.8) is 0 Å². The van der Waals surface area contributed by atoms with Crippen molar-refractivity contribution in [2.24, 2.45) is 5.92 Å². The highest BCUT2D eigenvalue weighted by Crippen LogP contribution is 2.35. The molecule has 2 aliphatic rings. The van der Waals surface area contributed by atoms with Gasteiger partial charge in [-0.1, -0.05) is 6.08 Å². The molecular formula is C21H19N3O6.